The summed E-state index contributed by atoms with van der Waals surface area (Å²) in [4.78, 5) is 17.1. The summed E-state index contributed by atoms with van der Waals surface area (Å²) in [5.41, 5.74) is -0.0932. The molecule has 0 radical (unpaired) electrons. The number of rotatable bonds is 5. The van der Waals surface area contributed by atoms with Crippen molar-refractivity contribution in [2.45, 2.75) is 32.1 Å². The quantitative estimate of drug-likeness (QED) is 0.812. The Balaban J connectivity index is 1.88. The first-order valence-corrected chi connectivity index (χ1v) is 7.66. The number of amides is 1. The number of carbonyl (C=O) groups excluding carboxylic acids is 1. The zero-order valence-electron chi connectivity index (χ0n) is 12.7. The number of hydrogen-bond acceptors (Lipinski definition) is 3. The lowest BCUT2D eigenvalue weighted by Gasteiger charge is -2.43. The van der Waals surface area contributed by atoms with Crippen LogP contribution >= 0.6 is 0 Å². The Hall–Kier alpha value is -0.610. The minimum absolute atomic E-state index is 0.0932. The predicted octanol–water partition coefficient (Wildman–Crippen LogP) is 1.18. The van der Waals surface area contributed by atoms with Crippen molar-refractivity contribution in [3.63, 3.8) is 0 Å². The molecule has 110 valence electrons. The highest BCUT2D eigenvalue weighted by Gasteiger charge is 2.45. The minimum atomic E-state index is -0.0932. The summed E-state index contributed by atoms with van der Waals surface area (Å²) < 4.78 is 0. The predicted molar refractivity (Wildman–Crippen MR) is 78.1 cm³/mol. The molecule has 1 saturated carbocycles. The van der Waals surface area contributed by atoms with Gasteiger partial charge in [0.25, 0.3) is 0 Å². The second-order valence-electron chi connectivity index (χ2n) is 6.62. The average Bonchev–Trinajstić information content (AvgIpc) is 2.33. The number of likely N-dealkylation sites (tertiary alicyclic amines) is 1. The van der Waals surface area contributed by atoms with Crippen LogP contribution in [0.25, 0.3) is 0 Å². The maximum Gasteiger partial charge on any atom is 0.229 e. The molecule has 2 rings (SSSR count). The molecule has 1 unspecified atom stereocenters. The van der Waals surface area contributed by atoms with Crippen LogP contribution in [0.5, 0.6) is 0 Å². The number of nitrogens with one attached hydrogen (secondary N) is 1. The molecule has 2 aliphatic rings. The fourth-order valence-electron chi connectivity index (χ4n) is 3.71. The fourth-order valence-corrected chi connectivity index (χ4v) is 3.71. The van der Waals surface area contributed by atoms with Crippen LogP contribution in [-0.2, 0) is 4.79 Å². The van der Waals surface area contributed by atoms with E-state index in [2.05, 4.69) is 17.3 Å². The highest BCUT2D eigenvalue weighted by Crippen LogP contribution is 2.42. The Labute approximate surface area is 117 Å². The number of piperidine rings is 1. The van der Waals surface area contributed by atoms with Crippen LogP contribution in [0.2, 0.25) is 0 Å². The van der Waals surface area contributed by atoms with Gasteiger partial charge in [-0.25, -0.2) is 0 Å². The smallest absolute Gasteiger partial charge is 0.229 e. The van der Waals surface area contributed by atoms with Crippen molar-refractivity contribution < 1.29 is 4.79 Å². The number of carbonyl (C=O) groups is 1. The summed E-state index contributed by atoms with van der Waals surface area (Å²) in [5.74, 6) is 1.01. The van der Waals surface area contributed by atoms with E-state index in [0.29, 0.717) is 11.8 Å². The third-order valence-corrected chi connectivity index (χ3v) is 4.88. The van der Waals surface area contributed by atoms with Crippen LogP contribution in [0.3, 0.4) is 0 Å². The van der Waals surface area contributed by atoms with Gasteiger partial charge in [-0.1, -0.05) is 6.42 Å². The van der Waals surface area contributed by atoms with E-state index in [0.717, 1.165) is 32.5 Å². The van der Waals surface area contributed by atoms with Gasteiger partial charge in [0.2, 0.25) is 5.91 Å². The van der Waals surface area contributed by atoms with Crippen LogP contribution in [-0.4, -0.2) is 63.0 Å². The Morgan fingerprint density at radius 2 is 2.16 bits per heavy atom. The van der Waals surface area contributed by atoms with Crippen LogP contribution in [0.4, 0.5) is 0 Å². The molecule has 19 heavy (non-hydrogen) atoms. The lowest BCUT2D eigenvalue weighted by atomic mass is 9.67. The van der Waals surface area contributed by atoms with Gasteiger partial charge in [-0.3, -0.25) is 4.79 Å². The third kappa shape index (κ3) is 3.29. The first kappa shape index (κ1) is 14.8. The van der Waals surface area contributed by atoms with Crippen LogP contribution < -0.4 is 5.32 Å². The van der Waals surface area contributed by atoms with E-state index in [1.807, 2.05) is 19.0 Å². The highest BCUT2D eigenvalue weighted by molar-refractivity contribution is 5.83. The van der Waals surface area contributed by atoms with Gasteiger partial charge in [0.15, 0.2) is 0 Å². The molecular formula is C15H29N3O. The van der Waals surface area contributed by atoms with Crippen LogP contribution in [0.1, 0.15) is 32.1 Å². The number of nitrogens with zero attached hydrogens (tertiary/aromatic N) is 2. The van der Waals surface area contributed by atoms with Crippen molar-refractivity contribution in [3.05, 3.63) is 0 Å². The zero-order valence-corrected chi connectivity index (χ0v) is 12.7. The SMILES string of the molecule is CNCC1(C(=O)N(C)CC2CCCN(C)C2)CCC1. The first-order valence-electron chi connectivity index (χ1n) is 7.66. The van der Waals surface area contributed by atoms with Gasteiger partial charge in [-0.2, -0.15) is 0 Å². The lowest BCUT2D eigenvalue weighted by Crippen LogP contribution is -2.53. The molecule has 1 amide bonds. The molecule has 0 aromatic heterocycles. The molecule has 0 spiro atoms. The van der Waals surface area contributed by atoms with Crippen LogP contribution in [0, 0.1) is 11.3 Å². The maximum absolute atomic E-state index is 12.7. The second-order valence-corrected chi connectivity index (χ2v) is 6.62. The van der Waals surface area contributed by atoms with Crippen molar-refractivity contribution in [1.82, 2.24) is 15.1 Å². The molecule has 2 fully saturated rings. The Bertz CT molecular complexity index is 315. The summed E-state index contributed by atoms with van der Waals surface area (Å²) >= 11 is 0. The van der Waals surface area contributed by atoms with E-state index in [9.17, 15) is 4.79 Å². The van der Waals surface area contributed by atoms with Crippen LogP contribution in [0.15, 0.2) is 0 Å². The molecule has 1 heterocycles. The molecule has 0 bridgehead atoms. The molecule has 4 heteroatoms. The summed E-state index contributed by atoms with van der Waals surface area (Å²) in [7, 11) is 6.12. The van der Waals surface area contributed by atoms with E-state index in [1.54, 1.807) is 0 Å². The van der Waals surface area contributed by atoms with Crippen molar-refractivity contribution in [3.8, 4) is 0 Å². The second kappa shape index (κ2) is 6.23. The Morgan fingerprint density at radius 3 is 2.68 bits per heavy atom. The summed E-state index contributed by atoms with van der Waals surface area (Å²) in [6.45, 7) is 4.10. The summed E-state index contributed by atoms with van der Waals surface area (Å²) in [6.07, 6.45) is 5.85. The Kier molecular flexibility index (Phi) is 4.85. The molecule has 1 N–H and O–H groups in total. The van der Waals surface area contributed by atoms with Crippen molar-refractivity contribution >= 4 is 5.91 Å². The van der Waals surface area contributed by atoms with Crippen molar-refractivity contribution in [2.24, 2.45) is 11.3 Å². The highest BCUT2D eigenvalue weighted by atomic mass is 16.2. The molecular weight excluding hydrogens is 238 g/mol. The van der Waals surface area contributed by atoms with E-state index in [-0.39, 0.29) is 5.41 Å². The van der Waals surface area contributed by atoms with Gasteiger partial charge >= 0.3 is 0 Å². The van der Waals surface area contributed by atoms with Crippen molar-refractivity contribution in [2.75, 3.05) is 47.3 Å². The third-order valence-electron chi connectivity index (χ3n) is 4.88. The monoisotopic (exact) mass is 267 g/mol. The fraction of sp³-hybridized carbons (Fsp3) is 0.933. The van der Waals surface area contributed by atoms with Gasteiger partial charge in [-0.15, -0.1) is 0 Å². The normalized spacial score (nSPS) is 26.8. The average molecular weight is 267 g/mol. The van der Waals surface area contributed by atoms with Gasteiger partial charge in [0.1, 0.15) is 0 Å². The topological polar surface area (TPSA) is 35.6 Å². The molecule has 1 saturated heterocycles. The summed E-state index contributed by atoms with van der Waals surface area (Å²) in [6, 6.07) is 0. The van der Waals surface area contributed by atoms with Gasteiger partial charge < -0.3 is 15.1 Å². The molecule has 1 aliphatic heterocycles. The molecule has 1 atom stereocenters. The number of hydrogen-bond donors (Lipinski definition) is 1. The van der Waals surface area contributed by atoms with E-state index in [4.69, 9.17) is 0 Å². The molecule has 0 aromatic rings. The lowest BCUT2D eigenvalue weighted by molar-refractivity contribution is -0.146. The molecule has 1 aliphatic carbocycles. The van der Waals surface area contributed by atoms with Crippen molar-refractivity contribution in [1.29, 1.82) is 0 Å². The van der Waals surface area contributed by atoms with Gasteiger partial charge in [0, 0.05) is 26.7 Å². The van der Waals surface area contributed by atoms with Gasteiger partial charge in [0.05, 0.1) is 5.41 Å². The molecule has 0 aromatic carbocycles. The Morgan fingerprint density at radius 1 is 1.42 bits per heavy atom. The maximum atomic E-state index is 12.7. The van der Waals surface area contributed by atoms with E-state index < -0.39 is 0 Å². The summed E-state index contributed by atoms with van der Waals surface area (Å²) in [5, 5.41) is 3.20. The standard InChI is InChI=1S/C15H29N3O/c1-16-12-15(7-5-8-15)14(19)18(3)11-13-6-4-9-17(2)10-13/h13,16H,4-12H2,1-3H3. The van der Waals surface area contributed by atoms with Gasteiger partial charge in [-0.05, 0) is 52.2 Å². The van der Waals surface area contributed by atoms with E-state index >= 15 is 0 Å². The molecule has 4 nitrogen and oxygen atoms in total. The largest absolute Gasteiger partial charge is 0.345 e. The zero-order chi connectivity index (χ0) is 13.9. The van der Waals surface area contributed by atoms with E-state index in [1.165, 1.54) is 25.8 Å². The first-order chi connectivity index (χ1) is 9.07. The minimum Gasteiger partial charge on any atom is -0.345 e.